The first-order valence-corrected chi connectivity index (χ1v) is 17.6. The fourth-order valence-electron chi connectivity index (χ4n) is 7.20. The van der Waals surface area contributed by atoms with E-state index in [2.05, 4.69) is 55.4 Å². The highest BCUT2D eigenvalue weighted by Crippen LogP contribution is 2.40. The van der Waals surface area contributed by atoms with Gasteiger partial charge in [0.25, 0.3) is 0 Å². The van der Waals surface area contributed by atoms with Gasteiger partial charge in [0.2, 0.25) is 10.0 Å². The van der Waals surface area contributed by atoms with Crippen molar-refractivity contribution in [2.24, 2.45) is 0 Å². The van der Waals surface area contributed by atoms with E-state index in [0.717, 1.165) is 31.9 Å². The van der Waals surface area contributed by atoms with Gasteiger partial charge in [0.1, 0.15) is 11.9 Å². The van der Waals surface area contributed by atoms with Crippen LogP contribution in [-0.2, 0) is 22.1 Å². The molecule has 0 atom stereocenters. The maximum atomic E-state index is 13.3. The average Bonchev–Trinajstić information content (AvgIpc) is 3.57. The number of hydrogen-bond acceptors (Lipinski definition) is 9. The number of likely N-dealkylation sites (tertiary alicyclic amines) is 2. The summed E-state index contributed by atoms with van der Waals surface area (Å²) in [6.45, 7) is 11.2. The summed E-state index contributed by atoms with van der Waals surface area (Å²) in [6, 6.07) is 16.8. The lowest BCUT2D eigenvalue weighted by molar-refractivity contribution is 0.0345. The van der Waals surface area contributed by atoms with E-state index >= 15 is 0 Å². The SMILES string of the molecule is COc1cc(C)c(S(=O)(=O)N2CC(Oc3nccc(CNCCN4CCC(c5ccccc5)(N5CCCC5)CC4)n3)C2)c(C)c1. The highest BCUT2D eigenvalue weighted by atomic mass is 32.2. The Labute approximate surface area is 267 Å². The van der Waals surface area contributed by atoms with Crippen LogP contribution in [0.25, 0.3) is 0 Å². The molecule has 2 aromatic carbocycles. The number of sulfonamides is 1. The monoisotopic (exact) mass is 634 g/mol. The van der Waals surface area contributed by atoms with Crippen LogP contribution >= 0.6 is 0 Å². The molecule has 0 saturated carbocycles. The Balaban J connectivity index is 0.953. The van der Waals surface area contributed by atoms with E-state index in [1.54, 1.807) is 39.3 Å². The van der Waals surface area contributed by atoms with Crippen LogP contribution in [0, 0.1) is 13.8 Å². The number of ether oxygens (including phenoxy) is 2. The minimum Gasteiger partial charge on any atom is -0.497 e. The van der Waals surface area contributed by atoms with Crippen LogP contribution in [0.3, 0.4) is 0 Å². The van der Waals surface area contributed by atoms with E-state index in [4.69, 9.17) is 9.47 Å². The molecule has 1 aromatic heterocycles. The van der Waals surface area contributed by atoms with Gasteiger partial charge in [0, 0.05) is 44.5 Å². The van der Waals surface area contributed by atoms with Crippen LogP contribution in [0.1, 0.15) is 48.1 Å². The first-order valence-electron chi connectivity index (χ1n) is 16.2. The molecule has 0 unspecified atom stereocenters. The number of benzene rings is 2. The van der Waals surface area contributed by atoms with Gasteiger partial charge in [-0.2, -0.15) is 9.29 Å². The Hall–Kier alpha value is -3.09. The van der Waals surface area contributed by atoms with Gasteiger partial charge in [-0.15, -0.1) is 0 Å². The van der Waals surface area contributed by atoms with Crippen molar-refractivity contribution in [1.82, 2.24) is 29.4 Å². The lowest BCUT2D eigenvalue weighted by atomic mass is 9.79. The van der Waals surface area contributed by atoms with E-state index < -0.39 is 10.0 Å². The van der Waals surface area contributed by atoms with E-state index in [9.17, 15) is 8.42 Å². The number of methoxy groups -OCH3 is 1. The molecule has 3 saturated heterocycles. The highest BCUT2D eigenvalue weighted by molar-refractivity contribution is 7.89. The van der Waals surface area contributed by atoms with E-state index in [1.165, 1.54) is 48.6 Å². The number of aryl methyl sites for hydroxylation is 2. The molecule has 3 fully saturated rings. The fourth-order valence-corrected chi connectivity index (χ4v) is 9.11. The number of piperidine rings is 1. The second-order valence-corrected chi connectivity index (χ2v) is 14.5. The summed E-state index contributed by atoms with van der Waals surface area (Å²) in [7, 11) is -2.05. The summed E-state index contributed by atoms with van der Waals surface area (Å²) in [5, 5.41) is 3.53. The van der Waals surface area contributed by atoms with Gasteiger partial charge in [-0.05, 0) is 87.5 Å². The molecule has 11 heteroatoms. The average molecular weight is 635 g/mol. The molecule has 0 spiro atoms. The second kappa shape index (κ2) is 13.7. The molecule has 4 heterocycles. The third-order valence-corrected chi connectivity index (χ3v) is 11.8. The topological polar surface area (TPSA) is 100 Å². The van der Waals surface area contributed by atoms with Crippen LogP contribution < -0.4 is 14.8 Å². The van der Waals surface area contributed by atoms with Crippen molar-refractivity contribution in [3.63, 3.8) is 0 Å². The third kappa shape index (κ3) is 6.88. The molecule has 0 amide bonds. The Morgan fingerprint density at radius 1 is 0.978 bits per heavy atom. The summed E-state index contributed by atoms with van der Waals surface area (Å²) in [5.74, 6) is 0.648. The molecule has 0 aliphatic carbocycles. The second-order valence-electron chi connectivity index (χ2n) is 12.6. The molecule has 10 nitrogen and oxygen atoms in total. The molecule has 3 aromatic rings. The third-order valence-electron chi connectivity index (χ3n) is 9.66. The van der Waals surface area contributed by atoms with Gasteiger partial charge in [-0.25, -0.2) is 13.4 Å². The predicted octanol–water partition coefficient (Wildman–Crippen LogP) is 3.73. The molecule has 3 aliphatic rings. The number of hydrogen-bond donors (Lipinski definition) is 1. The molecular formula is C34H46N6O4S. The van der Waals surface area contributed by atoms with Crippen molar-refractivity contribution in [2.75, 3.05) is 59.5 Å². The molecule has 242 valence electrons. The van der Waals surface area contributed by atoms with Crippen molar-refractivity contribution < 1.29 is 17.9 Å². The van der Waals surface area contributed by atoms with Gasteiger partial charge in [0.05, 0.1) is 30.8 Å². The van der Waals surface area contributed by atoms with Gasteiger partial charge >= 0.3 is 6.01 Å². The van der Waals surface area contributed by atoms with Gasteiger partial charge in [-0.1, -0.05) is 30.3 Å². The van der Waals surface area contributed by atoms with Gasteiger partial charge in [-0.3, -0.25) is 4.90 Å². The lowest BCUT2D eigenvalue weighted by Gasteiger charge is -2.48. The van der Waals surface area contributed by atoms with Crippen LogP contribution in [0.15, 0.2) is 59.6 Å². The normalized spacial score (nSPS) is 19.8. The Morgan fingerprint density at radius 2 is 1.67 bits per heavy atom. The first-order chi connectivity index (χ1) is 21.8. The summed E-state index contributed by atoms with van der Waals surface area (Å²) >= 11 is 0. The zero-order chi connectivity index (χ0) is 31.4. The Bertz CT molecular complexity index is 1530. The minimum absolute atomic E-state index is 0.175. The summed E-state index contributed by atoms with van der Waals surface area (Å²) in [6.07, 6.45) is 6.37. The van der Waals surface area contributed by atoms with Gasteiger partial charge in [0.15, 0.2) is 0 Å². The van der Waals surface area contributed by atoms with Gasteiger partial charge < -0.3 is 19.7 Å². The quantitative estimate of drug-likeness (QED) is 0.299. The minimum atomic E-state index is -3.63. The zero-order valence-electron chi connectivity index (χ0n) is 26.7. The maximum absolute atomic E-state index is 13.3. The molecule has 3 aliphatic heterocycles. The summed E-state index contributed by atoms with van der Waals surface area (Å²) < 4.78 is 39.3. The van der Waals surface area contributed by atoms with E-state index in [1.807, 2.05) is 6.07 Å². The highest BCUT2D eigenvalue weighted by Gasteiger charge is 2.42. The van der Waals surface area contributed by atoms with Crippen LogP contribution in [0.4, 0.5) is 0 Å². The molecular weight excluding hydrogens is 588 g/mol. The van der Waals surface area contributed by atoms with E-state index in [0.29, 0.717) is 28.3 Å². The Morgan fingerprint density at radius 3 is 2.33 bits per heavy atom. The summed E-state index contributed by atoms with van der Waals surface area (Å²) in [4.78, 5) is 14.5. The van der Waals surface area contributed by atoms with Crippen molar-refractivity contribution in [3.05, 3.63) is 77.1 Å². The Kier molecular flexibility index (Phi) is 9.72. The van der Waals surface area contributed by atoms with Crippen LogP contribution in [0.5, 0.6) is 11.8 Å². The van der Waals surface area contributed by atoms with Crippen LogP contribution in [0.2, 0.25) is 0 Å². The molecule has 45 heavy (non-hydrogen) atoms. The van der Waals surface area contributed by atoms with Crippen molar-refractivity contribution in [1.29, 1.82) is 0 Å². The number of nitrogens with one attached hydrogen (secondary N) is 1. The van der Waals surface area contributed by atoms with Crippen molar-refractivity contribution in [3.8, 4) is 11.8 Å². The first kappa shape index (κ1) is 31.9. The molecule has 1 N–H and O–H groups in total. The number of nitrogens with zero attached hydrogens (tertiary/aromatic N) is 5. The molecule has 0 radical (unpaired) electrons. The molecule has 0 bridgehead atoms. The zero-order valence-corrected chi connectivity index (χ0v) is 27.6. The maximum Gasteiger partial charge on any atom is 0.316 e. The fraction of sp³-hybridized carbons (Fsp3) is 0.529. The molecule has 6 rings (SSSR count). The standard InChI is InChI=1S/C34H46N6O4S/c1-26-21-30(43-3)22-27(2)32(26)45(41,42)40-24-31(25-40)44-33-36-14-11-29(37-33)23-35-15-20-38-18-12-34(13-19-38,39-16-7-8-17-39)28-9-5-4-6-10-28/h4-6,9-11,14,21-22,31,35H,7-8,12-13,15-20,23-25H2,1-3H3. The lowest BCUT2D eigenvalue weighted by Crippen LogP contribution is -2.56. The van der Waals surface area contributed by atoms with Crippen molar-refractivity contribution in [2.45, 2.75) is 62.6 Å². The van der Waals surface area contributed by atoms with E-state index in [-0.39, 0.29) is 30.7 Å². The summed E-state index contributed by atoms with van der Waals surface area (Å²) in [5.41, 5.74) is 3.84. The van der Waals surface area contributed by atoms with Crippen LogP contribution in [-0.4, -0.2) is 98.1 Å². The predicted molar refractivity (Wildman–Crippen MR) is 174 cm³/mol. The number of rotatable bonds is 12. The number of aromatic nitrogens is 2. The smallest absolute Gasteiger partial charge is 0.316 e. The van der Waals surface area contributed by atoms with Crippen molar-refractivity contribution >= 4 is 10.0 Å². The largest absolute Gasteiger partial charge is 0.497 e.